The van der Waals surface area contributed by atoms with E-state index in [0.717, 1.165) is 17.9 Å². The molecule has 0 aromatic carbocycles. The standard InChI is InChI=1S/C9H15NO2S/c1-9(2,11)5-3-7-12-8-4-6-10-13-8/h4,6,11H,3,5,7H2,1-2H3. The van der Waals surface area contributed by atoms with Crippen LogP contribution in [0, 0.1) is 0 Å². The van der Waals surface area contributed by atoms with Crippen LogP contribution in [0.5, 0.6) is 5.06 Å². The fourth-order valence-corrected chi connectivity index (χ4v) is 1.44. The molecule has 0 spiro atoms. The summed E-state index contributed by atoms with van der Waals surface area (Å²) in [7, 11) is 0. The summed E-state index contributed by atoms with van der Waals surface area (Å²) >= 11 is 1.35. The fraction of sp³-hybridized carbons (Fsp3) is 0.667. The number of aromatic nitrogens is 1. The molecule has 0 unspecified atom stereocenters. The molecular formula is C9H15NO2S. The van der Waals surface area contributed by atoms with Crippen molar-refractivity contribution in [3.63, 3.8) is 0 Å². The summed E-state index contributed by atoms with van der Waals surface area (Å²) in [5, 5.41) is 10.3. The molecule has 1 rings (SSSR count). The summed E-state index contributed by atoms with van der Waals surface area (Å²) < 4.78 is 9.30. The lowest BCUT2D eigenvalue weighted by atomic mass is 10.0. The molecule has 1 heterocycles. The van der Waals surface area contributed by atoms with E-state index < -0.39 is 5.60 Å². The first-order chi connectivity index (χ1) is 6.08. The average molecular weight is 201 g/mol. The lowest BCUT2D eigenvalue weighted by Crippen LogP contribution is -2.19. The van der Waals surface area contributed by atoms with Crippen molar-refractivity contribution in [3.8, 4) is 5.06 Å². The maximum Gasteiger partial charge on any atom is 0.193 e. The van der Waals surface area contributed by atoms with Crippen LogP contribution in [-0.4, -0.2) is 21.7 Å². The van der Waals surface area contributed by atoms with Crippen molar-refractivity contribution in [2.24, 2.45) is 0 Å². The second-order valence-electron chi connectivity index (χ2n) is 3.60. The summed E-state index contributed by atoms with van der Waals surface area (Å²) in [4.78, 5) is 0. The van der Waals surface area contributed by atoms with Gasteiger partial charge in [0.25, 0.3) is 0 Å². The minimum atomic E-state index is -0.586. The molecule has 74 valence electrons. The lowest BCUT2D eigenvalue weighted by Gasteiger charge is -2.16. The Labute approximate surface area is 82.5 Å². The van der Waals surface area contributed by atoms with E-state index in [1.807, 2.05) is 6.07 Å². The molecule has 0 fully saturated rings. The summed E-state index contributed by atoms with van der Waals surface area (Å²) in [5.74, 6) is 0. The summed E-state index contributed by atoms with van der Waals surface area (Å²) in [6.45, 7) is 4.26. The highest BCUT2D eigenvalue weighted by molar-refractivity contribution is 7.07. The van der Waals surface area contributed by atoms with Gasteiger partial charge in [0.1, 0.15) is 0 Å². The molecular weight excluding hydrogens is 186 g/mol. The molecule has 0 amide bonds. The minimum Gasteiger partial charge on any atom is -0.483 e. The summed E-state index contributed by atoms with van der Waals surface area (Å²) in [6.07, 6.45) is 3.34. The highest BCUT2D eigenvalue weighted by Crippen LogP contribution is 2.16. The Morgan fingerprint density at radius 3 is 2.92 bits per heavy atom. The van der Waals surface area contributed by atoms with E-state index in [1.54, 1.807) is 20.0 Å². The normalized spacial score (nSPS) is 11.6. The molecule has 0 atom stereocenters. The molecule has 0 saturated carbocycles. The number of nitrogens with zero attached hydrogens (tertiary/aromatic N) is 1. The third-order valence-corrected chi connectivity index (χ3v) is 2.25. The maximum absolute atomic E-state index is 9.41. The van der Waals surface area contributed by atoms with Gasteiger partial charge in [-0.05, 0) is 26.7 Å². The average Bonchev–Trinajstić information content (AvgIpc) is 2.48. The van der Waals surface area contributed by atoms with Gasteiger partial charge in [0.2, 0.25) is 0 Å². The van der Waals surface area contributed by atoms with E-state index in [1.165, 1.54) is 11.5 Å². The Bertz CT molecular complexity index is 228. The van der Waals surface area contributed by atoms with Crippen LogP contribution in [0.3, 0.4) is 0 Å². The second kappa shape index (κ2) is 4.58. The molecule has 0 aliphatic heterocycles. The van der Waals surface area contributed by atoms with Gasteiger partial charge in [0.15, 0.2) is 5.06 Å². The zero-order valence-corrected chi connectivity index (χ0v) is 8.80. The van der Waals surface area contributed by atoms with Crippen LogP contribution < -0.4 is 4.74 Å². The van der Waals surface area contributed by atoms with E-state index >= 15 is 0 Å². The van der Waals surface area contributed by atoms with Gasteiger partial charge in [-0.25, -0.2) is 0 Å². The predicted molar refractivity (Wildman–Crippen MR) is 53.1 cm³/mol. The molecule has 1 aromatic rings. The topological polar surface area (TPSA) is 42.4 Å². The molecule has 0 saturated heterocycles. The van der Waals surface area contributed by atoms with Crippen LogP contribution in [0.4, 0.5) is 0 Å². The molecule has 13 heavy (non-hydrogen) atoms. The van der Waals surface area contributed by atoms with Gasteiger partial charge >= 0.3 is 0 Å². The molecule has 4 heteroatoms. The number of hydrogen-bond donors (Lipinski definition) is 1. The smallest absolute Gasteiger partial charge is 0.193 e. The monoisotopic (exact) mass is 201 g/mol. The quantitative estimate of drug-likeness (QED) is 0.742. The van der Waals surface area contributed by atoms with Crippen molar-refractivity contribution in [1.82, 2.24) is 4.37 Å². The molecule has 0 bridgehead atoms. The highest BCUT2D eigenvalue weighted by atomic mass is 32.1. The van der Waals surface area contributed by atoms with Gasteiger partial charge < -0.3 is 9.84 Å². The SMILES string of the molecule is CC(C)(O)CCCOc1ccns1. The Kier molecular flexibility index (Phi) is 3.69. The first-order valence-electron chi connectivity index (χ1n) is 4.34. The predicted octanol–water partition coefficient (Wildman–Crippen LogP) is 2.07. The van der Waals surface area contributed by atoms with Crippen molar-refractivity contribution in [2.45, 2.75) is 32.3 Å². The molecule has 3 nitrogen and oxygen atoms in total. The summed E-state index contributed by atoms with van der Waals surface area (Å²) in [5.41, 5.74) is -0.586. The van der Waals surface area contributed by atoms with Crippen molar-refractivity contribution in [2.75, 3.05) is 6.61 Å². The van der Waals surface area contributed by atoms with Crippen LogP contribution in [0.2, 0.25) is 0 Å². The van der Waals surface area contributed by atoms with Crippen LogP contribution in [0.15, 0.2) is 12.3 Å². The van der Waals surface area contributed by atoms with Gasteiger partial charge in [-0.1, -0.05) is 0 Å². The first kappa shape index (κ1) is 10.5. The van der Waals surface area contributed by atoms with Crippen LogP contribution in [0.1, 0.15) is 26.7 Å². The third-order valence-electron chi connectivity index (χ3n) is 1.59. The van der Waals surface area contributed by atoms with Crippen LogP contribution >= 0.6 is 11.5 Å². The zero-order valence-electron chi connectivity index (χ0n) is 7.99. The van der Waals surface area contributed by atoms with E-state index in [0.29, 0.717) is 6.61 Å². The number of aliphatic hydroxyl groups is 1. The van der Waals surface area contributed by atoms with Gasteiger partial charge in [-0.15, -0.1) is 0 Å². The van der Waals surface area contributed by atoms with E-state index in [9.17, 15) is 5.11 Å². The lowest BCUT2D eigenvalue weighted by molar-refractivity contribution is 0.0643. The molecule has 0 aliphatic rings. The van der Waals surface area contributed by atoms with E-state index in [4.69, 9.17) is 4.74 Å². The van der Waals surface area contributed by atoms with Crippen molar-refractivity contribution >= 4 is 11.5 Å². The van der Waals surface area contributed by atoms with Gasteiger partial charge in [0.05, 0.1) is 12.2 Å². The van der Waals surface area contributed by atoms with Gasteiger partial charge in [-0.2, -0.15) is 4.37 Å². The summed E-state index contributed by atoms with van der Waals surface area (Å²) in [6, 6.07) is 1.84. The first-order valence-corrected chi connectivity index (χ1v) is 5.11. The second-order valence-corrected chi connectivity index (χ2v) is 4.39. The van der Waals surface area contributed by atoms with Crippen LogP contribution in [-0.2, 0) is 0 Å². The number of ether oxygens (including phenoxy) is 1. The van der Waals surface area contributed by atoms with Crippen molar-refractivity contribution in [1.29, 1.82) is 0 Å². The fourth-order valence-electron chi connectivity index (χ4n) is 0.956. The highest BCUT2D eigenvalue weighted by Gasteiger charge is 2.11. The number of rotatable bonds is 5. The largest absolute Gasteiger partial charge is 0.483 e. The Hall–Kier alpha value is -0.610. The molecule has 0 aliphatic carbocycles. The van der Waals surface area contributed by atoms with E-state index in [2.05, 4.69) is 4.37 Å². The third kappa shape index (κ3) is 4.85. The van der Waals surface area contributed by atoms with Crippen molar-refractivity contribution < 1.29 is 9.84 Å². The molecule has 1 aromatic heterocycles. The van der Waals surface area contributed by atoms with Gasteiger partial charge in [-0.3, -0.25) is 0 Å². The van der Waals surface area contributed by atoms with Gasteiger partial charge in [0, 0.05) is 23.8 Å². The maximum atomic E-state index is 9.41. The Morgan fingerprint density at radius 2 is 2.38 bits per heavy atom. The Morgan fingerprint density at radius 1 is 1.62 bits per heavy atom. The van der Waals surface area contributed by atoms with Crippen LogP contribution in [0.25, 0.3) is 0 Å². The van der Waals surface area contributed by atoms with E-state index in [-0.39, 0.29) is 0 Å². The number of hydrogen-bond acceptors (Lipinski definition) is 4. The molecule has 0 radical (unpaired) electrons. The molecule has 1 N–H and O–H groups in total. The Balaban J connectivity index is 2.09. The zero-order chi connectivity index (χ0) is 9.73. The van der Waals surface area contributed by atoms with Crippen molar-refractivity contribution in [3.05, 3.63) is 12.3 Å². The minimum absolute atomic E-state index is 0.586.